The molecule has 0 amide bonds. The fraction of sp³-hybridized carbons (Fsp3) is 0.758. The zero-order chi connectivity index (χ0) is 54.1. The third-order valence-electron chi connectivity index (χ3n) is 12.6. The van der Waals surface area contributed by atoms with E-state index in [9.17, 15) is 28.9 Å². The molecule has 3 atom stereocenters. The first-order chi connectivity index (χ1) is 36.2. The molecule has 3 unspecified atom stereocenters. The van der Waals surface area contributed by atoms with Crippen molar-refractivity contribution in [3.8, 4) is 0 Å². The van der Waals surface area contributed by atoms with E-state index in [0.717, 1.165) is 96.3 Å². The third-order valence-corrected chi connectivity index (χ3v) is 13.5. The Labute approximate surface area is 452 Å². The molecule has 0 aliphatic carbocycles. The fourth-order valence-corrected chi connectivity index (χ4v) is 8.83. The first kappa shape index (κ1) is 70.9. The van der Waals surface area contributed by atoms with Crippen LogP contribution in [0.4, 0.5) is 0 Å². The molecule has 0 spiro atoms. The Hall–Kier alpha value is -3.08. The highest BCUT2D eigenvalue weighted by atomic mass is 31.2. The molecule has 11 nitrogen and oxygen atoms in total. The molecular weight excluding hydrogens is 952 g/mol. The van der Waals surface area contributed by atoms with Crippen molar-refractivity contribution in [1.82, 2.24) is 0 Å². The maximum absolute atomic E-state index is 12.9. The van der Waals surface area contributed by atoms with Gasteiger partial charge in [-0.3, -0.25) is 23.4 Å². The molecular formula is C62H109O11P. The summed E-state index contributed by atoms with van der Waals surface area (Å²) in [5.41, 5.74) is 0. The van der Waals surface area contributed by atoms with E-state index in [4.69, 9.17) is 23.3 Å². The maximum atomic E-state index is 12.9. The molecule has 0 saturated heterocycles. The highest BCUT2D eigenvalue weighted by molar-refractivity contribution is 7.47. The highest BCUT2D eigenvalue weighted by Crippen LogP contribution is 2.43. The van der Waals surface area contributed by atoms with Gasteiger partial charge in [0.1, 0.15) is 12.7 Å². The number of aliphatic hydroxyl groups is 1. The fourth-order valence-electron chi connectivity index (χ4n) is 8.04. The zero-order valence-electron chi connectivity index (χ0n) is 47.3. The van der Waals surface area contributed by atoms with Gasteiger partial charge in [0.15, 0.2) is 6.10 Å². The molecule has 0 heterocycles. The summed E-state index contributed by atoms with van der Waals surface area (Å²) < 4.78 is 39.5. The highest BCUT2D eigenvalue weighted by Gasteiger charge is 2.28. The van der Waals surface area contributed by atoms with Crippen LogP contribution in [0, 0.1) is 0 Å². The third kappa shape index (κ3) is 53.7. The van der Waals surface area contributed by atoms with Gasteiger partial charge in [-0.25, -0.2) is 4.57 Å². The predicted molar refractivity (Wildman–Crippen MR) is 307 cm³/mol. The van der Waals surface area contributed by atoms with Crippen molar-refractivity contribution in [1.29, 1.82) is 0 Å². The smallest absolute Gasteiger partial charge is 0.462 e. The van der Waals surface area contributed by atoms with Gasteiger partial charge in [-0.1, -0.05) is 209 Å². The molecule has 2 N–H and O–H groups in total. The van der Waals surface area contributed by atoms with Crippen LogP contribution in [0.2, 0.25) is 0 Å². The Kier molecular flexibility index (Phi) is 53.8. The van der Waals surface area contributed by atoms with Gasteiger partial charge in [-0.15, -0.1) is 0 Å². The van der Waals surface area contributed by atoms with Crippen molar-refractivity contribution in [2.45, 2.75) is 277 Å². The Morgan fingerprint density at radius 1 is 0.392 bits per heavy atom. The lowest BCUT2D eigenvalue weighted by Gasteiger charge is -2.21. The molecule has 0 aromatic heterocycles. The van der Waals surface area contributed by atoms with Gasteiger partial charge in [0.2, 0.25) is 0 Å². The van der Waals surface area contributed by atoms with Crippen LogP contribution in [-0.2, 0) is 42.2 Å². The number of hydrogen-bond donors (Lipinski definition) is 2. The molecule has 74 heavy (non-hydrogen) atoms. The summed E-state index contributed by atoms with van der Waals surface area (Å²) in [4.78, 5) is 48.6. The van der Waals surface area contributed by atoms with Gasteiger partial charge in [-0.05, 0) is 109 Å². The number of rotatable bonds is 55. The largest absolute Gasteiger partial charge is 0.472 e. The molecule has 0 aromatic carbocycles. The van der Waals surface area contributed by atoms with Crippen LogP contribution < -0.4 is 0 Å². The molecule has 0 rings (SSSR count). The number of carbonyl (C=O) groups is 3. The lowest BCUT2D eigenvalue weighted by molar-refractivity contribution is -0.161. The standard InChI is InChI=1S/C62H109O11P/c1-4-7-10-13-16-19-22-25-27-28-29-30-32-35-38-41-44-47-50-53-62(66)73-59(55-69-60(64)51-48-45-42-39-36-34-31-26-23-20-17-14-11-8-5-2)57-71-74(67,68)70-56-58(54-63)72-61(65)52-49-46-43-40-37-33-24-21-18-15-12-9-6-3/h8,11,17,20-21,24-27,31,36,39,58-59,63H,4-7,9-10,12-16,18-19,22-23,28-30,32-35,37-38,40-57H2,1-3H3,(H,67,68)/b11-8-,20-17-,24-21-,27-25-,31-26-,39-36-. The van der Waals surface area contributed by atoms with Crippen molar-refractivity contribution < 1.29 is 52.2 Å². The van der Waals surface area contributed by atoms with Gasteiger partial charge in [-0.2, -0.15) is 0 Å². The molecule has 0 aliphatic rings. The Bertz CT molecular complexity index is 1520. The Morgan fingerprint density at radius 2 is 0.703 bits per heavy atom. The van der Waals surface area contributed by atoms with Crippen molar-refractivity contribution >= 4 is 25.7 Å². The van der Waals surface area contributed by atoms with Crippen molar-refractivity contribution in [2.24, 2.45) is 0 Å². The first-order valence-electron chi connectivity index (χ1n) is 29.8. The summed E-state index contributed by atoms with van der Waals surface area (Å²) in [6.45, 7) is 4.47. The second kappa shape index (κ2) is 56.1. The van der Waals surface area contributed by atoms with Gasteiger partial charge in [0.25, 0.3) is 0 Å². The van der Waals surface area contributed by atoms with Crippen LogP contribution in [0.5, 0.6) is 0 Å². The normalized spacial score (nSPS) is 13.9. The summed E-state index contributed by atoms with van der Waals surface area (Å²) in [5, 5.41) is 9.81. The molecule has 0 aliphatic heterocycles. The van der Waals surface area contributed by atoms with Crippen LogP contribution in [-0.4, -0.2) is 66.5 Å². The van der Waals surface area contributed by atoms with Gasteiger partial charge in [0.05, 0.1) is 19.8 Å². The Morgan fingerprint density at radius 3 is 1.14 bits per heavy atom. The minimum absolute atomic E-state index is 0.155. The van der Waals surface area contributed by atoms with Gasteiger partial charge < -0.3 is 24.2 Å². The number of unbranched alkanes of at least 4 members (excludes halogenated alkanes) is 26. The first-order valence-corrected chi connectivity index (χ1v) is 31.3. The molecule has 0 bridgehead atoms. The lowest BCUT2D eigenvalue weighted by Crippen LogP contribution is -2.30. The SMILES string of the molecule is CC/C=C\C/C=C\C/C=C\C/C=C\CCCCC(=O)OCC(COP(=O)(O)OCC(CO)OC(=O)CCCCCCC/C=C\CCCCCC)OC(=O)CCCCCCCCCCC/C=C\CCCCCCCC. The number of phosphoric acid groups is 1. The minimum atomic E-state index is -4.76. The van der Waals surface area contributed by atoms with E-state index in [2.05, 4.69) is 93.7 Å². The lowest BCUT2D eigenvalue weighted by atomic mass is 10.1. The molecule has 0 radical (unpaired) electrons. The van der Waals surface area contributed by atoms with E-state index >= 15 is 0 Å². The number of ether oxygens (including phenoxy) is 3. The summed E-state index contributed by atoms with van der Waals surface area (Å²) in [5.74, 6) is -1.52. The van der Waals surface area contributed by atoms with Gasteiger partial charge >= 0.3 is 25.7 Å². The summed E-state index contributed by atoms with van der Waals surface area (Å²) >= 11 is 0. The summed E-state index contributed by atoms with van der Waals surface area (Å²) in [6, 6.07) is 0. The molecule has 0 saturated carbocycles. The minimum Gasteiger partial charge on any atom is -0.462 e. The number of allylic oxidation sites excluding steroid dienone is 12. The quantitative estimate of drug-likeness (QED) is 0.0197. The van der Waals surface area contributed by atoms with E-state index in [0.29, 0.717) is 19.3 Å². The average Bonchev–Trinajstić information content (AvgIpc) is 3.39. The number of carbonyl (C=O) groups excluding carboxylic acids is 3. The van der Waals surface area contributed by atoms with Crippen LogP contribution in [0.3, 0.4) is 0 Å². The molecule has 0 aromatic rings. The molecule has 428 valence electrons. The van der Waals surface area contributed by atoms with Crippen molar-refractivity contribution in [3.63, 3.8) is 0 Å². The van der Waals surface area contributed by atoms with Crippen LogP contribution >= 0.6 is 7.82 Å². The number of aliphatic hydroxyl groups excluding tert-OH is 1. The second-order valence-electron chi connectivity index (χ2n) is 19.8. The van der Waals surface area contributed by atoms with Gasteiger partial charge in [0, 0.05) is 19.3 Å². The van der Waals surface area contributed by atoms with E-state index in [1.165, 1.54) is 109 Å². The van der Waals surface area contributed by atoms with E-state index in [-0.39, 0.29) is 25.9 Å². The van der Waals surface area contributed by atoms with E-state index in [1.807, 2.05) is 0 Å². The summed E-state index contributed by atoms with van der Waals surface area (Å²) in [6.07, 6.45) is 62.9. The van der Waals surface area contributed by atoms with Crippen LogP contribution in [0.25, 0.3) is 0 Å². The number of esters is 3. The van der Waals surface area contributed by atoms with Crippen LogP contribution in [0.15, 0.2) is 72.9 Å². The Balaban J connectivity index is 4.76. The number of hydrogen-bond acceptors (Lipinski definition) is 10. The van der Waals surface area contributed by atoms with Crippen molar-refractivity contribution in [3.05, 3.63) is 72.9 Å². The molecule has 0 fully saturated rings. The average molecular weight is 1060 g/mol. The monoisotopic (exact) mass is 1060 g/mol. The topological polar surface area (TPSA) is 155 Å². The predicted octanol–water partition coefficient (Wildman–Crippen LogP) is 17.7. The van der Waals surface area contributed by atoms with Crippen LogP contribution in [0.1, 0.15) is 265 Å². The zero-order valence-corrected chi connectivity index (χ0v) is 48.2. The summed E-state index contributed by atoms with van der Waals surface area (Å²) in [7, 11) is -4.76. The second-order valence-corrected chi connectivity index (χ2v) is 21.2. The van der Waals surface area contributed by atoms with Crippen molar-refractivity contribution in [2.75, 3.05) is 26.4 Å². The molecule has 12 heteroatoms. The van der Waals surface area contributed by atoms with E-state index in [1.54, 1.807) is 0 Å². The van der Waals surface area contributed by atoms with E-state index < -0.39 is 57.8 Å². The maximum Gasteiger partial charge on any atom is 0.472 e. The number of phosphoric ester groups is 1.